The number of carbonyl (C=O) groups excluding carboxylic acids is 1. The van der Waals surface area contributed by atoms with Crippen LogP contribution in [0, 0.1) is 17.1 Å². The lowest BCUT2D eigenvalue weighted by Crippen LogP contribution is -2.05. The van der Waals surface area contributed by atoms with Gasteiger partial charge in [0, 0.05) is 12.3 Å². The molecule has 0 aliphatic carbocycles. The van der Waals surface area contributed by atoms with Crippen molar-refractivity contribution in [3.8, 4) is 17.7 Å². The number of rotatable bonds is 4. The van der Waals surface area contributed by atoms with Crippen LogP contribution in [-0.2, 0) is 4.74 Å². The van der Waals surface area contributed by atoms with Gasteiger partial charge in [0.1, 0.15) is 23.2 Å². The summed E-state index contributed by atoms with van der Waals surface area (Å²) in [6.07, 6.45) is 1.29. The lowest BCUT2D eigenvalue weighted by molar-refractivity contribution is 0.0526. The third-order valence-electron chi connectivity index (χ3n) is 2.55. The summed E-state index contributed by atoms with van der Waals surface area (Å²) < 4.78 is 23.6. The van der Waals surface area contributed by atoms with Crippen molar-refractivity contribution in [3.05, 3.63) is 53.5 Å². The summed E-state index contributed by atoms with van der Waals surface area (Å²) in [6.45, 7) is 1.97. The van der Waals surface area contributed by atoms with E-state index in [1.807, 2.05) is 0 Å². The Morgan fingerprint density at radius 1 is 1.38 bits per heavy atom. The van der Waals surface area contributed by atoms with Crippen LogP contribution in [0.25, 0.3) is 0 Å². The molecule has 1 heterocycles. The number of aromatic nitrogens is 1. The van der Waals surface area contributed by atoms with E-state index in [9.17, 15) is 9.18 Å². The molecular formula is C15H11FN2O3. The smallest absolute Gasteiger partial charge is 0.339 e. The summed E-state index contributed by atoms with van der Waals surface area (Å²) in [4.78, 5) is 15.4. The number of hydrogen-bond acceptors (Lipinski definition) is 5. The van der Waals surface area contributed by atoms with Crippen molar-refractivity contribution in [2.45, 2.75) is 6.92 Å². The molecule has 0 bridgehead atoms. The van der Waals surface area contributed by atoms with Gasteiger partial charge < -0.3 is 9.47 Å². The number of nitriles is 1. The molecule has 2 rings (SSSR count). The number of ether oxygens (including phenoxy) is 2. The van der Waals surface area contributed by atoms with Crippen molar-refractivity contribution < 1.29 is 18.7 Å². The first kappa shape index (κ1) is 14.5. The van der Waals surface area contributed by atoms with Crippen molar-refractivity contribution in [1.82, 2.24) is 4.98 Å². The van der Waals surface area contributed by atoms with Gasteiger partial charge in [-0.3, -0.25) is 0 Å². The van der Waals surface area contributed by atoms with Crippen LogP contribution in [0.4, 0.5) is 4.39 Å². The summed E-state index contributed by atoms with van der Waals surface area (Å²) in [5, 5.41) is 8.90. The van der Waals surface area contributed by atoms with Crippen molar-refractivity contribution in [1.29, 1.82) is 5.26 Å². The van der Waals surface area contributed by atoms with Crippen LogP contribution < -0.4 is 4.74 Å². The van der Waals surface area contributed by atoms with E-state index in [2.05, 4.69) is 4.98 Å². The van der Waals surface area contributed by atoms with Crippen LogP contribution >= 0.6 is 0 Å². The lowest BCUT2D eigenvalue weighted by atomic mass is 10.2. The zero-order valence-corrected chi connectivity index (χ0v) is 11.2. The Hall–Kier alpha value is -2.94. The fourth-order valence-electron chi connectivity index (χ4n) is 1.59. The minimum Gasteiger partial charge on any atom is -0.462 e. The lowest BCUT2D eigenvalue weighted by Gasteiger charge is -2.07. The molecule has 0 saturated heterocycles. The van der Waals surface area contributed by atoms with E-state index in [4.69, 9.17) is 14.7 Å². The fraction of sp³-hybridized carbons (Fsp3) is 0.133. The Morgan fingerprint density at radius 3 is 2.81 bits per heavy atom. The van der Waals surface area contributed by atoms with E-state index < -0.39 is 11.8 Å². The van der Waals surface area contributed by atoms with E-state index in [1.165, 1.54) is 36.5 Å². The molecule has 0 aliphatic heterocycles. The quantitative estimate of drug-likeness (QED) is 0.808. The van der Waals surface area contributed by atoms with Crippen LogP contribution in [0.1, 0.15) is 22.8 Å². The van der Waals surface area contributed by atoms with Crippen LogP contribution in [0.15, 0.2) is 36.5 Å². The Balaban J connectivity index is 2.20. The highest BCUT2D eigenvalue weighted by molar-refractivity contribution is 5.89. The first-order valence-electron chi connectivity index (χ1n) is 6.15. The number of esters is 1. The Kier molecular flexibility index (Phi) is 4.46. The van der Waals surface area contributed by atoms with E-state index in [-0.39, 0.29) is 29.4 Å². The molecule has 0 spiro atoms. The monoisotopic (exact) mass is 286 g/mol. The van der Waals surface area contributed by atoms with E-state index >= 15 is 0 Å². The number of carbonyl (C=O) groups is 1. The van der Waals surface area contributed by atoms with E-state index in [0.29, 0.717) is 0 Å². The number of nitrogens with zero attached hydrogens (tertiary/aromatic N) is 2. The third-order valence-corrected chi connectivity index (χ3v) is 2.55. The number of pyridine rings is 1. The Labute approximate surface area is 120 Å². The maximum atomic E-state index is 13.4. The van der Waals surface area contributed by atoms with Gasteiger partial charge >= 0.3 is 5.97 Å². The number of benzene rings is 1. The van der Waals surface area contributed by atoms with Crippen LogP contribution in [0.5, 0.6) is 11.6 Å². The molecule has 0 aliphatic rings. The molecule has 0 amide bonds. The second-order valence-electron chi connectivity index (χ2n) is 3.93. The molecule has 0 unspecified atom stereocenters. The summed E-state index contributed by atoms with van der Waals surface area (Å²) >= 11 is 0. The predicted molar refractivity (Wildman–Crippen MR) is 71.4 cm³/mol. The minimum absolute atomic E-state index is 0.0638. The molecule has 21 heavy (non-hydrogen) atoms. The number of halogens is 1. The Bertz CT molecular complexity index is 693. The maximum absolute atomic E-state index is 13.4. The highest BCUT2D eigenvalue weighted by Gasteiger charge is 2.11. The second kappa shape index (κ2) is 6.48. The van der Waals surface area contributed by atoms with Crippen molar-refractivity contribution in [3.63, 3.8) is 0 Å². The molecule has 1 aromatic carbocycles. The van der Waals surface area contributed by atoms with Gasteiger partial charge in [-0.25, -0.2) is 14.2 Å². The summed E-state index contributed by atoms with van der Waals surface area (Å²) in [6, 6.07) is 8.71. The second-order valence-corrected chi connectivity index (χ2v) is 3.93. The van der Waals surface area contributed by atoms with Gasteiger partial charge in [0.25, 0.3) is 0 Å². The minimum atomic E-state index is -0.668. The molecule has 106 valence electrons. The summed E-state index contributed by atoms with van der Waals surface area (Å²) in [5.41, 5.74) is 0.0812. The van der Waals surface area contributed by atoms with Crippen LogP contribution in [-0.4, -0.2) is 17.6 Å². The van der Waals surface area contributed by atoms with Gasteiger partial charge in [0.2, 0.25) is 5.88 Å². The van der Waals surface area contributed by atoms with Crippen LogP contribution in [0.3, 0.4) is 0 Å². The zero-order valence-electron chi connectivity index (χ0n) is 11.2. The molecule has 0 N–H and O–H groups in total. The first-order chi connectivity index (χ1) is 10.2. The fourth-order valence-corrected chi connectivity index (χ4v) is 1.59. The first-order valence-corrected chi connectivity index (χ1v) is 6.15. The topological polar surface area (TPSA) is 72.2 Å². The van der Waals surface area contributed by atoms with Gasteiger partial charge in [-0.15, -0.1) is 0 Å². The molecule has 0 radical (unpaired) electrons. The highest BCUT2D eigenvalue weighted by atomic mass is 19.1. The average molecular weight is 286 g/mol. The SMILES string of the molecule is CCOC(=O)c1ccc(Oc2cccc(F)c2C#N)nc1. The Morgan fingerprint density at radius 2 is 2.19 bits per heavy atom. The molecule has 0 saturated carbocycles. The third kappa shape index (κ3) is 3.34. The molecule has 2 aromatic rings. The normalized spacial score (nSPS) is 9.76. The standard InChI is InChI=1S/C15H11FN2O3/c1-2-20-15(19)10-6-7-14(18-9-10)21-13-5-3-4-12(16)11(13)8-17/h3-7,9H,2H2,1H3. The van der Waals surface area contributed by atoms with Crippen molar-refractivity contribution >= 4 is 5.97 Å². The average Bonchev–Trinajstić information content (AvgIpc) is 2.48. The van der Waals surface area contributed by atoms with Crippen molar-refractivity contribution in [2.24, 2.45) is 0 Å². The number of hydrogen-bond donors (Lipinski definition) is 0. The van der Waals surface area contributed by atoms with Gasteiger partial charge in [0.15, 0.2) is 0 Å². The molecule has 0 fully saturated rings. The van der Waals surface area contributed by atoms with Gasteiger partial charge in [0.05, 0.1) is 12.2 Å². The van der Waals surface area contributed by atoms with Crippen LogP contribution in [0.2, 0.25) is 0 Å². The summed E-state index contributed by atoms with van der Waals surface area (Å²) in [7, 11) is 0. The van der Waals surface area contributed by atoms with Gasteiger partial charge in [-0.1, -0.05) is 6.07 Å². The molecule has 0 atom stereocenters. The van der Waals surface area contributed by atoms with Gasteiger partial charge in [-0.2, -0.15) is 5.26 Å². The highest BCUT2D eigenvalue weighted by Crippen LogP contribution is 2.25. The molecular weight excluding hydrogens is 275 g/mol. The maximum Gasteiger partial charge on any atom is 0.339 e. The summed E-state index contributed by atoms with van der Waals surface area (Å²) in [5.74, 6) is -0.947. The van der Waals surface area contributed by atoms with E-state index in [0.717, 1.165) is 0 Å². The van der Waals surface area contributed by atoms with E-state index in [1.54, 1.807) is 13.0 Å². The zero-order chi connectivity index (χ0) is 15.2. The predicted octanol–water partition coefficient (Wildman–Crippen LogP) is 3.06. The van der Waals surface area contributed by atoms with Gasteiger partial charge in [-0.05, 0) is 25.1 Å². The molecule has 5 nitrogen and oxygen atoms in total. The van der Waals surface area contributed by atoms with Crippen molar-refractivity contribution in [2.75, 3.05) is 6.61 Å². The molecule has 6 heteroatoms. The largest absolute Gasteiger partial charge is 0.462 e. The molecule has 1 aromatic heterocycles.